The molecule has 0 saturated heterocycles. The topological polar surface area (TPSA) is 17.8 Å². The molecule has 2 nitrogen and oxygen atoms in total. The first-order valence-corrected chi connectivity index (χ1v) is 9.10. The van der Waals surface area contributed by atoms with Gasteiger partial charge in [0, 0.05) is 12.1 Å². The number of rotatable bonds is 4. The molecule has 0 aliphatic carbocycles. The Bertz CT molecular complexity index is 1110. The highest BCUT2D eigenvalue weighted by Crippen LogP contribution is 2.30. The van der Waals surface area contributed by atoms with Crippen molar-refractivity contribution in [3.05, 3.63) is 89.5 Å². The Balaban J connectivity index is 1.70. The van der Waals surface area contributed by atoms with Crippen LogP contribution >= 0.6 is 0 Å². The summed E-state index contributed by atoms with van der Waals surface area (Å²) in [5, 5.41) is 0. The van der Waals surface area contributed by atoms with Gasteiger partial charge < -0.3 is 4.57 Å². The third-order valence-electron chi connectivity index (χ3n) is 4.84. The normalized spacial score (nSPS) is 11.9. The van der Waals surface area contributed by atoms with Crippen LogP contribution in [0, 0.1) is 6.92 Å². The molecule has 0 radical (unpaired) electrons. The standard InChI is InChI=1S/C23H19F3N2/c1-16-9-11-18(12-10-16)22-27-20-7-2-3-8-21(20)28(22)14-13-17-5-4-6-19(15-17)23(24,25)26/h2-12,15H,13-14H2,1H3. The minimum absolute atomic E-state index is 0.489. The predicted molar refractivity (Wildman–Crippen MR) is 105 cm³/mol. The number of halogens is 3. The molecule has 4 aromatic rings. The second kappa shape index (κ2) is 7.15. The van der Waals surface area contributed by atoms with Gasteiger partial charge in [0.1, 0.15) is 5.82 Å². The second-order valence-electron chi connectivity index (χ2n) is 6.89. The van der Waals surface area contributed by atoms with Gasteiger partial charge in [-0.2, -0.15) is 13.2 Å². The fourth-order valence-corrected chi connectivity index (χ4v) is 3.37. The van der Waals surface area contributed by atoms with E-state index in [4.69, 9.17) is 4.98 Å². The third-order valence-corrected chi connectivity index (χ3v) is 4.84. The van der Waals surface area contributed by atoms with Crippen LogP contribution in [0.3, 0.4) is 0 Å². The van der Waals surface area contributed by atoms with E-state index < -0.39 is 11.7 Å². The lowest BCUT2D eigenvalue weighted by molar-refractivity contribution is -0.137. The first kappa shape index (κ1) is 18.3. The molecule has 4 rings (SSSR count). The van der Waals surface area contributed by atoms with E-state index in [1.807, 2.05) is 55.5 Å². The van der Waals surface area contributed by atoms with Crippen LogP contribution in [0.5, 0.6) is 0 Å². The summed E-state index contributed by atoms with van der Waals surface area (Å²) in [5.74, 6) is 0.827. The van der Waals surface area contributed by atoms with Gasteiger partial charge in [0.05, 0.1) is 16.6 Å². The quantitative estimate of drug-likeness (QED) is 0.408. The van der Waals surface area contributed by atoms with E-state index in [-0.39, 0.29) is 0 Å². The Morgan fingerprint density at radius 3 is 2.39 bits per heavy atom. The maximum Gasteiger partial charge on any atom is 0.416 e. The maximum absolute atomic E-state index is 13.0. The SMILES string of the molecule is Cc1ccc(-c2nc3ccccc3n2CCc2cccc(C(F)(F)F)c2)cc1. The molecule has 3 aromatic carbocycles. The fourth-order valence-electron chi connectivity index (χ4n) is 3.37. The van der Waals surface area contributed by atoms with Crippen LogP contribution in [0.25, 0.3) is 22.4 Å². The molecule has 0 aliphatic heterocycles. The van der Waals surface area contributed by atoms with Crippen molar-refractivity contribution in [1.29, 1.82) is 0 Å². The summed E-state index contributed by atoms with van der Waals surface area (Å²) in [6.45, 7) is 2.57. The summed E-state index contributed by atoms with van der Waals surface area (Å²) in [4.78, 5) is 4.76. The Kier molecular flexibility index (Phi) is 4.67. The Morgan fingerprint density at radius 1 is 0.893 bits per heavy atom. The largest absolute Gasteiger partial charge is 0.416 e. The van der Waals surface area contributed by atoms with Crippen LogP contribution in [0.1, 0.15) is 16.7 Å². The lowest BCUT2D eigenvalue weighted by Gasteiger charge is -2.12. The van der Waals surface area contributed by atoms with Gasteiger partial charge in [-0.1, -0.05) is 60.2 Å². The van der Waals surface area contributed by atoms with Gasteiger partial charge in [0.2, 0.25) is 0 Å². The van der Waals surface area contributed by atoms with E-state index in [9.17, 15) is 13.2 Å². The first-order chi connectivity index (χ1) is 13.4. The van der Waals surface area contributed by atoms with Gasteiger partial charge in [-0.15, -0.1) is 0 Å². The van der Waals surface area contributed by atoms with Crippen molar-refractivity contribution in [1.82, 2.24) is 9.55 Å². The van der Waals surface area contributed by atoms with E-state index in [1.54, 1.807) is 6.07 Å². The van der Waals surface area contributed by atoms with Crippen molar-refractivity contribution in [2.75, 3.05) is 0 Å². The van der Waals surface area contributed by atoms with Gasteiger partial charge in [-0.3, -0.25) is 0 Å². The zero-order valence-corrected chi connectivity index (χ0v) is 15.4. The molecule has 0 unspecified atom stereocenters. The van der Waals surface area contributed by atoms with Gasteiger partial charge in [0.15, 0.2) is 0 Å². The van der Waals surface area contributed by atoms with E-state index in [2.05, 4.69) is 4.57 Å². The van der Waals surface area contributed by atoms with Crippen molar-refractivity contribution < 1.29 is 13.2 Å². The molecule has 0 bridgehead atoms. The van der Waals surface area contributed by atoms with Gasteiger partial charge in [-0.05, 0) is 37.1 Å². The van der Waals surface area contributed by atoms with Gasteiger partial charge in [0.25, 0.3) is 0 Å². The van der Waals surface area contributed by atoms with Gasteiger partial charge in [-0.25, -0.2) is 4.98 Å². The van der Waals surface area contributed by atoms with E-state index >= 15 is 0 Å². The zero-order chi connectivity index (χ0) is 19.7. The molecule has 0 spiro atoms. The molecule has 0 amide bonds. The van der Waals surface area contributed by atoms with Crippen LogP contribution in [0.2, 0.25) is 0 Å². The van der Waals surface area contributed by atoms with E-state index in [1.165, 1.54) is 12.1 Å². The number of hydrogen-bond donors (Lipinski definition) is 0. The second-order valence-corrected chi connectivity index (χ2v) is 6.89. The van der Waals surface area contributed by atoms with Crippen molar-refractivity contribution in [2.45, 2.75) is 26.1 Å². The van der Waals surface area contributed by atoms with Crippen molar-refractivity contribution >= 4 is 11.0 Å². The van der Waals surface area contributed by atoms with Crippen LogP contribution in [-0.4, -0.2) is 9.55 Å². The van der Waals surface area contributed by atoms with Crippen molar-refractivity contribution in [2.24, 2.45) is 0 Å². The molecule has 28 heavy (non-hydrogen) atoms. The summed E-state index contributed by atoms with van der Waals surface area (Å²) < 4.78 is 41.1. The molecule has 5 heteroatoms. The van der Waals surface area contributed by atoms with Crippen molar-refractivity contribution in [3.63, 3.8) is 0 Å². The summed E-state index contributed by atoms with van der Waals surface area (Å²) >= 11 is 0. The summed E-state index contributed by atoms with van der Waals surface area (Å²) in [5.41, 5.74) is 4.05. The van der Waals surface area contributed by atoms with E-state index in [0.29, 0.717) is 18.5 Å². The predicted octanol–water partition coefficient (Wildman–Crippen LogP) is 6.27. The monoisotopic (exact) mass is 380 g/mol. The summed E-state index contributed by atoms with van der Waals surface area (Å²) in [6, 6.07) is 21.5. The first-order valence-electron chi connectivity index (χ1n) is 9.10. The minimum atomic E-state index is -4.33. The number of alkyl halides is 3. The number of imidazole rings is 1. The van der Waals surface area contributed by atoms with Crippen LogP contribution in [0.15, 0.2) is 72.8 Å². The average Bonchev–Trinajstić information content (AvgIpc) is 3.05. The third kappa shape index (κ3) is 3.65. The average molecular weight is 380 g/mol. The fraction of sp³-hybridized carbons (Fsp3) is 0.174. The number of nitrogens with zero attached hydrogens (tertiary/aromatic N) is 2. The molecular formula is C23H19F3N2. The maximum atomic E-state index is 13.0. The molecule has 0 aliphatic rings. The number of aryl methyl sites for hydroxylation is 3. The Labute approximate surface area is 161 Å². The molecular weight excluding hydrogens is 361 g/mol. The number of para-hydroxylation sites is 2. The van der Waals surface area contributed by atoms with Gasteiger partial charge >= 0.3 is 6.18 Å². The summed E-state index contributed by atoms with van der Waals surface area (Å²) in [7, 11) is 0. The molecule has 0 saturated carbocycles. The zero-order valence-electron chi connectivity index (χ0n) is 15.4. The molecule has 142 valence electrons. The molecule has 0 N–H and O–H groups in total. The van der Waals surface area contributed by atoms with Crippen LogP contribution in [-0.2, 0) is 19.1 Å². The number of hydrogen-bond acceptors (Lipinski definition) is 1. The summed E-state index contributed by atoms with van der Waals surface area (Å²) in [6.07, 6.45) is -3.84. The molecule has 0 atom stereocenters. The Hall–Kier alpha value is -3.08. The highest BCUT2D eigenvalue weighted by molar-refractivity contribution is 5.80. The van der Waals surface area contributed by atoms with Crippen LogP contribution < -0.4 is 0 Å². The minimum Gasteiger partial charge on any atom is -0.324 e. The molecule has 1 heterocycles. The number of benzene rings is 3. The van der Waals surface area contributed by atoms with Crippen molar-refractivity contribution in [3.8, 4) is 11.4 Å². The number of fused-ring (bicyclic) bond motifs is 1. The van der Waals surface area contributed by atoms with Crippen LogP contribution in [0.4, 0.5) is 13.2 Å². The Morgan fingerprint density at radius 2 is 1.64 bits per heavy atom. The number of aromatic nitrogens is 2. The highest BCUT2D eigenvalue weighted by Gasteiger charge is 2.30. The lowest BCUT2D eigenvalue weighted by atomic mass is 10.1. The molecule has 0 fully saturated rings. The highest BCUT2D eigenvalue weighted by atomic mass is 19.4. The lowest BCUT2D eigenvalue weighted by Crippen LogP contribution is -2.07. The smallest absolute Gasteiger partial charge is 0.324 e. The molecule has 1 aromatic heterocycles. The van der Waals surface area contributed by atoms with E-state index in [0.717, 1.165) is 34.1 Å².